The first kappa shape index (κ1) is 8.32. The zero-order valence-corrected chi connectivity index (χ0v) is 7.19. The molecule has 0 aliphatic carbocycles. The summed E-state index contributed by atoms with van der Waals surface area (Å²) in [5, 5.41) is 10.7. The number of aliphatic hydroxyl groups is 1. The monoisotopic (exact) mass is 166 g/mol. The Labute approximate surface area is 70.7 Å². The average Bonchev–Trinajstić information content (AvgIpc) is 2.52. The van der Waals surface area contributed by atoms with Crippen LogP contribution in [0.2, 0.25) is 0 Å². The van der Waals surface area contributed by atoms with Crippen LogP contribution in [0.5, 0.6) is 0 Å². The number of thiophene rings is 1. The molecule has 11 heavy (non-hydrogen) atoms. The van der Waals surface area contributed by atoms with Gasteiger partial charge in [-0.25, -0.2) is 0 Å². The topological polar surface area (TPSA) is 20.2 Å². The summed E-state index contributed by atoms with van der Waals surface area (Å²) in [6.45, 7) is 2.04. The molecule has 1 atom stereocenters. The lowest BCUT2D eigenvalue weighted by Gasteiger charge is -1.92. The van der Waals surface area contributed by atoms with E-state index in [9.17, 15) is 0 Å². The maximum atomic E-state index is 8.66. The van der Waals surface area contributed by atoms with Gasteiger partial charge >= 0.3 is 0 Å². The zero-order valence-electron chi connectivity index (χ0n) is 6.37. The minimum absolute atomic E-state index is 0.0806. The highest BCUT2D eigenvalue weighted by Gasteiger charge is 1.91. The summed E-state index contributed by atoms with van der Waals surface area (Å²) in [6, 6.07) is 3.94. The highest BCUT2D eigenvalue weighted by Crippen LogP contribution is 2.05. The van der Waals surface area contributed by atoms with E-state index in [0.29, 0.717) is 0 Å². The molecule has 0 aliphatic heterocycles. The van der Waals surface area contributed by atoms with Gasteiger partial charge in [-0.1, -0.05) is 17.9 Å². The van der Waals surface area contributed by atoms with Crippen molar-refractivity contribution >= 4 is 11.3 Å². The Bertz CT molecular complexity index is 253. The van der Waals surface area contributed by atoms with Crippen molar-refractivity contribution in [1.29, 1.82) is 0 Å². The fourth-order valence-corrected chi connectivity index (χ4v) is 1.17. The SMILES string of the molecule is CC(C#Cc1cccs1)CO. The third-order valence-electron chi connectivity index (χ3n) is 1.24. The van der Waals surface area contributed by atoms with Gasteiger partial charge in [-0.2, -0.15) is 0 Å². The first-order valence-corrected chi connectivity index (χ1v) is 4.37. The molecule has 0 radical (unpaired) electrons. The molecule has 0 aromatic carbocycles. The van der Waals surface area contributed by atoms with Gasteiger partial charge in [-0.3, -0.25) is 0 Å². The molecule has 0 aliphatic rings. The van der Waals surface area contributed by atoms with Crippen LogP contribution in [0, 0.1) is 17.8 Å². The van der Waals surface area contributed by atoms with E-state index in [2.05, 4.69) is 11.8 Å². The Morgan fingerprint density at radius 3 is 3.09 bits per heavy atom. The molecule has 0 saturated heterocycles. The van der Waals surface area contributed by atoms with E-state index in [-0.39, 0.29) is 12.5 Å². The Balaban J connectivity index is 2.58. The second-order valence-electron chi connectivity index (χ2n) is 2.33. The predicted molar refractivity (Wildman–Crippen MR) is 47.4 cm³/mol. The van der Waals surface area contributed by atoms with Crippen LogP contribution in [0.15, 0.2) is 17.5 Å². The van der Waals surface area contributed by atoms with Crippen LogP contribution in [0.3, 0.4) is 0 Å². The van der Waals surface area contributed by atoms with Gasteiger partial charge in [0.15, 0.2) is 0 Å². The Morgan fingerprint density at radius 2 is 2.55 bits per heavy atom. The van der Waals surface area contributed by atoms with Crippen LogP contribution in [0.4, 0.5) is 0 Å². The fraction of sp³-hybridized carbons (Fsp3) is 0.333. The van der Waals surface area contributed by atoms with Crippen LogP contribution in [0.1, 0.15) is 11.8 Å². The van der Waals surface area contributed by atoms with Crippen molar-refractivity contribution in [2.24, 2.45) is 5.92 Å². The Hall–Kier alpha value is -0.780. The van der Waals surface area contributed by atoms with Gasteiger partial charge in [0.2, 0.25) is 0 Å². The van der Waals surface area contributed by atoms with Crippen LogP contribution >= 0.6 is 11.3 Å². The molecule has 58 valence electrons. The molecule has 1 nitrogen and oxygen atoms in total. The van der Waals surface area contributed by atoms with Gasteiger partial charge < -0.3 is 5.11 Å². The van der Waals surface area contributed by atoms with Crippen LogP contribution in [-0.4, -0.2) is 11.7 Å². The van der Waals surface area contributed by atoms with Crippen molar-refractivity contribution in [2.45, 2.75) is 6.92 Å². The zero-order chi connectivity index (χ0) is 8.10. The summed E-state index contributed by atoms with van der Waals surface area (Å²) in [6.07, 6.45) is 0. The summed E-state index contributed by atoms with van der Waals surface area (Å²) < 4.78 is 0. The lowest BCUT2D eigenvalue weighted by atomic mass is 10.2. The highest BCUT2D eigenvalue weighted by atomic mass is 32.1. The molecule has 1 heterocycles. The second kappa shape index (κ2) is 4.17. The molecule has 0 saturated carbocycles. The smallest absolute Gasteiger partial charge is 0.0768 e. The Kier molecular flexibility index (Phi) is 3.15. The quantitative estimate of drug-likeness (QED) is 0.630. The van der Waals surface area contributed by atoms with Crippen molar-refractivity contribution < 1.29 is 5.11 Å². The van der Waals surface area contributed by atoms with Gasteiger partial charge in [-0.05, 0) is 18.4 Å². The molecule has 1 aromatic heterocycles. The van der Waals surface area contributed by atoms with E-state index in [1.807, 2.05) is 24.4 Å². The summed E-state index contributed by atoms with van der Waals surface area (Å²) >= 11 is 1.62. The van der Waals surface area contributed by atoms with Crippen molar-refractivity contribution in [3.8, 4) is 11.8 Å². The van der Waals surface area contributed by atoms with Gasteiger partial charge in [0.1, 0.15) is 0 Å². The van der Waals surface area contributed by atoms with Crippen molar-refractivity contribution in [2.75, 3.05) is 6.61 Å². The summed E-state index contributed by atoms with van der Waals surface area (Å²) in [4.78, 5) is 1.06. The summed E-state index contributed by atoms with van der Waals surface area (Å²) in [7, 11) is 0. The summed E-state index contributed by atoms with van der Waals surface area (Å²) in [5.74, 6) is 6.01. The lowest BCUT2D eigenvalue weighted by Crippen LogP contribution is -1.95. The van der Waals surface area contributed by atoms with Gasteiger partial charge in [0.25, 0.3) is 0 Å². The second-order valence-corrected chi connectivity index (χ2v) is 3.28. The lowest BCUT2D eigenvalue weighted by molar-refractivity contribution is 0.266. The molecule has 0 bridgehead atoms. The normalized spacial score (nSPS) is 11.8. The van der Waals surface area contributed by atoms with Crippen molar-refractivity contribution in [1.82, 2.24) is 0 Å². The summed E-state index contributed by atoms with van der Waals surface area (Å²) in [5.41, 5.74) is 0. The fourth-order valence-electron chi connectivity index (χ4n) is 0.590. The van der Waals surface area contributed by atoms with Crippen LogP contribution in [0.25, 0.3) is 0 Å². The largest absolute Gasteiger partial charge is 0.395 e. The molecule has 0 spiro atoms. The van der Waals surface area contributed by atoms with E-state index in [1.165, 1.54) is 0 Å². The molecule has 1 rings (SSSR count). The van der Waals surface area contributed by atoms with Gasteiger partial charge in [0.05, 0.1) is 11.5 Å². The first-order chi connectivity index (χ1) is 5.33. The molecular formula is C9H10OS. The van der Waals surface area contributed by atoms with Gasteiger partial charge in [-0.15, -0.1) is 11.3 Å². The van der Waals surface area contributed by atoms with Crippen LogP contribution in [-0.2, 0) is 0 Å². The minimum Gasteiger partial charge on any atom is -0.395 e. The molecule has 1 N–H and O–H groups in total. The molecule has 1 aromatic rings. The average molecular weight is 166 g/mol. The van der Waals surface area contributed by atoms with E-state index >= 15 is 0 Å². The van der Waals surface area contributed by atoms with E-state index in [4.69, 9.17) is 5.11 Å². The van der Waals surface area contributed by atoms with Crippen molar-refractivity contribution in [3.63, 3.8) is 0 Å². The van der Waals surface area contributed by atoms with E-state index in [1.54, 1.807) is 11.3 Å². The minimum atomic E-state index is 0.0806. The third kappa shape index (κ3) is 2.75. The Morgan fingerprint density at radius 1 is 1.73 bits per heavy atom. The standard InChI is InChI=1S/C9H10OS/c1-8(7-10)4-5-9-3-2-6-11-9/h2-3,6,8,10H,7H2,1H3. The first-order valence-electron chi connectivity index (χ1n) is 3.49. The highest BCUT2D eigenvalue weighted by molar-refractivity contribution is 7.10. The number of aliphatic hydroxyl groups excluding tert-OH is 1. The maximum Gasteiger partial charge on any atom is 0.0768 e. The third-order valence-corrected chi connectivity index (χ3v) is 2.02. The molecule has 0 fully saturated rings. The predicted octanol–water partition coefficient (Wildman–Crippen LogP) is 1.73. The molecule has 2 heteroatoms. The van der Waals surface area contributed by atoms with Gasteiger partial charge in [0, 0.05) is 5.92 Å². The molecular weight excluding hydrogens is 156 g/mol. The molecule has 0 amide bonds. The van der Waals surface area contributed by atoms with E-state index in [0.717, 1.165) is 4.88 Å². The number of hydrogen-bond acceptors (Lipinski definition) is 2. The number of rotatable bonds is 1. The molecule has 1 unspecified atom stereocenters. The van der Waals surface area contributed by atoms with E-state index < -0.39 is 0 Å². The van der Waals surface area contributed by atoms with Crippen LogP contribution < -0.4 is 0 Å². The maximum absolute atomic E-state index is 8.66. The van der Waals surface area contributed by atoms with Crippen molar-refractivity contribution in [3.05, 3.63) is 22.4 Å². The number of hydrogen-bond donors (Lipinski definition) is 1.